The first-order chi connectivity index (χ1) is 15.5. The molecule has 1 aromatic heterocycles. The lowest BCUT2D eigenvalue weighted by molar-refractivity contribution is -0.527. The van der Waals surface area contributed by atoms with E-state index in [0.29, 0.717) is 5.39 Å². The fraction of sp³-hybridized carbons (Fsp3) is 0.500. The zero-order valence-electron chi connectivity index (χ0n) is 17.4. The molecule has 0 bridgehead atoms. The Morgan fingerprint density at radius 3 is 2.12 bits per heavy atom. The van der Waals surface area contributed by atoms with Gasteiger partial charge in [0.2, 0.25) is 5.91 Å². The van der Waals surface area contributed by atoms with Crippen LogP contribution in [0.2, 0.25) is 0 Å². The van der Waals surface area contributed by atoms with Gasteiger partial charge in [-0.25, -0.2) is 19.5 Å². The SMILES string of the molecule is CNC(=O)C(CSc1nc2ccccc2s1)C(=O)O.OCCON(OCCO)OCCO. The summed E-state index contributed by atoms with van der Waals surface area (Å²) >= 11 is 2.79. The summed E-state index contributed by atoms with van der Waals surface area (Å²) in [5, 5.41) is 37.2. The Morgan fingerprint density at radius 1 is 1.09 bits per heavy atom. The van der Waals surface area contributed by atoms with E-state index in [9.17, 15) is 9.59 Å². The minimum absolute atomic E-state index is 0.0108. The number of aliphatic hydroxyl groups excluding tert-OH is 3. The highest BCUT2D eigenvalue weighted by Gasteiger charge is 2.25. The number of hydrogen-bond acceptors (Lipinski definition) is 12. The zero-order chi connectivity index (χ0) is 23.8. The number of amides is 1. The number of aromatic nitrogens is 1. The summed E-state index contributed by atoms with van der Waals surface area (Å²) in [6.45, 7) is -0.505. The third-order valence-corrected chi connectivity index (χ3v) is 5.65. The topological polar surface area (TPSA) is 171 Å². The second kappa shape index (κ2) is 16.7. The molecule has 180 valence electrons. The fourth-order valence-corrected chi connectivity index (χ4v) is 4.13. The van der Waals surface area contributed by atoms with E-state index in [1.54, 1.807) is 0 Å². The van der Waals surface area contributed by atoms with Gasteiger partial charge >= 0.3 is 5.97 Å². The molecule has 1 amide bonds. The normalized spacial score (nSPS) is 11.8. The summed E-state index contributed by atoms with van der Waals surface area (Å²) in [7, 11) is 1.43. The average molecular weight is 494 g/mol. The number of carboxylic acid groups (broad SMARTS) is 1. The van der Waals surface area contributed by atoms with Crippen LogP contribution in [0.25, 0.3) is 10.2 Å². The Morgan fingerprint density at radius 2 is 1.66 bits per heavy atom. The van der Waals surface area contributed by atoms with Crippen LogP contribution in [0.15, 0.2) is 28.6 Å². The number of carboxylic acids is 1. The molecule has 0 spiro atoms. The predicted molar refractivity (Wildman–Crippen MR) is 116 cm³/mol. The summed E-state index contributed by atoms with van der Waals surface area (Å²) in [5.41, 5.74) is 0.891. The maximum Gasteiger partial charge on any atom is 0.316 e. The van der Waals surface area contributed by atoms with Gasteiger partial charge in [-0.1, -0.05) is 23.9 Å². The van der Waals surface area contributed by atoms with Crippen molar-refractivity contribution in [3.05, 3.63) is 24.3 Å². The van der Waals surface area contributed by atoms with Crippen LogP contribution in [0.4, 0.5) is 0 Å². The molecule has 0 radical (unpaired) electrons. The van der Waals surface area contributed by atoms with E-state index >= 15 is 0 Å². The van der Waals surface area contributed by atoms with Crippen LogP contribution < -0.4 is 5.32 Å². The van der Waals surface area contributed by atoms with Crippen molar-refractivity contribution in [2.75, 3.05) is 52.4 Å². The van der Waals surface area contributed by atoms with Gasteiger partial charge in [-0.05, 0) is 12.1 Å². The molecule has 0 saturated heterocycles. The number of nitrogens with zero attached hydrogens (tertiary/aromatic N) is 2. The lowest BCUT2D eigenvalue weighted by Crippen LogP contribution is -2.34. The van der Waals surface area contributed by atoms with Crippen molar-refractivity contribution in [1.29, 1.82) is 0 Å². The first-order valence-corrected chi connectivity index (χ1v) is 11.2. The Labute approximate surface area is 192 Å². The third-order valence-electron chi connectivity index (χ3n) is 3.37. The van der Waals surface area contributed by atoms with Crippen molar-refractivity contribution < 1.29 is 44.5 Å². The Bertz CT molecular complexity index is 757. The molecule has 1 unspecified atom stereocenters. The number of rotatable bonds is 14. The predicted octanol–water partition coefficient (Wildman–Crippen LogP) is -0.105. The lowest BCUT2D eigenvalue weighted by Gasteiger charge is -2.17. The molecule has 2 rings (SSSR count). The molecule has 12 nitrogen and oxygen atoms in total. The Hall–Kier alpha value is -1.88. The fourth-order valence-electron chi connectivity index (χ4n) is 1.96. The summed E-state index contributed by atoms with van der Waals surface area (Å²) in [4.78, 5) is 40.9. The van der Waals surface area contributed by atoms with Gasteiger partial charge in [0.15, 0.2) is 4.34 Å². The van der Waals surface area contributed by atoms with E-state index < -0.39 is 17.8 Å². The van der Waals surface area contributed by atoms with Crippen molar-refractivity contribution in [2.45, 2.75) is 4.34 Å². The molecule has 32 heavy (non-hydrogen) atoms. The summed E-state index contributed by atoms with van der Waals surface area (Å²) in [6, 6.07) is 7.70. The van der Waals surface area contributed by atoms with Gasteiger partial charge in [-0.3, -0.25) is 9.59 Å². The molecule has 0 aliphatic carbocycles. The zero-order valence-corrected chi connectivity index (χ0v) is 19.0. The molecular formula is C18H27N3O9S2. The maximum absolute atomic E-state index is 11.4. The number of aliphatic hydroxyl groups is 3. The van der Waals surface area contributed by atoms with Crippen LogP contribution >= 0.6 is 23.1 Å². The van der Waals surface area contributed by atoms with Gasteiger partial charge in [0, 0.05) is 12.8 Å². The molecular weight excluding hydrogens is 466 g/mol. The summed E-state index contributed by atoms with van der Waals surface area (Å²) in [5.74, 6) is -2.48. The van der Waals surface area contributed by atoms with Crippen LogP contribution in [-0.2, 0) is 24.1 Å². The quantitative estimate of drug-likeness (QED) is 0.135. The van der Waals surface area contributed by atoms with Crippen molar-refractivity contribution in [3.63, 3.8) is 0 Å². The molecule has 2 aromatic rings. The lowest BCUT2D eigenvalue weighted by atomic mass is 10.2. The highest BCUT2D eigenvalue weighted by molar-refractivity contribution is 8.01. The molecule has 1 atom stereocenters. The average Bonchev–Trinajstić information content (AvgIpc) is 3.21. The van der Waals surface area contributed by atoms with Gasteiger partial charge in [-0.15, -0.1) is 11.3 Å². The van der Waals surface area contributed by atoms with Gasteiger partial charge in [0.25, 0.3) is 0 Å². The number of nitrogens with one attached hydrogen (secondary N) is 1. The third kappa shape index (κ3) is 10.6. The second-order valence-electron chi connectivity index (χ2n) is 5.66. The van der Waals surface area contributed by atoms with Crippen molar-refractivity contribution in [2.24, 2.45) is 5.92 Å². The van der Waals surface area contributed by atoms with E-state index in [-0.39, 0.29) is 45.4 Å². The Balaban J connectivity index is 0.000000347. The van der Waals surface area contributed by atoms with Gasteiger partial charge in [0.05, 0.1) is 55.2 Å². The minimum atomic E-state index is -1.12. The number of hydrogen-bond donors (Lipinski definition) is 5. The monoisotopic (exact) mass is 493 g/mol. The summed E-state index contributed by atoms with van der Waals surface area (Å²) in [6.07, 6.45) is 0. The number of thioether (sulfide) groups is 1. The number of para-hydroxylation sites is 1. The van der Waals surface area contributed by atoms with Crippen molar-refractivity contribution in [3.8, 4) is 0 Å². The molecule has 1 aromatic carbocycles. The molecule has 1 heterocycles. The highest BCUT2D eigenvalue weighted by atomic mass is 32.2. The maximum atomic E-state index is 11.4. The van der Waals surface area contributed by atoms with Gasteiger partial charge in [0.1, 0.15) is 5.92 Å². The standard InChI is InChI=1S/C12H12N2O3S2.C6H15NO6/c1-13-10(15)7(11(16)17)6-18-12-14-8-4-2-3-5-9(8)19-12;8-1-4-11-7(12-5-2-9)13-6-3-10/h2-5,7H,6H2,1H3,(H,13,15)(H,16,17);8-10H,1-6H2. The largest absolute Gasteiger partial charge is 0.481 e. The number of benzene rings is 1. The van der Waals surface area contributed by atoms with Crippen LogP contribution in [0, 0.1) is 5.92 Å². The second-order valence-corrected chi connectivity index (χ2v) is 7.96. The van der Waals surface area contributed by atoms with E-state index in [2.05, 4.69) is 10.3 Å². The van der Waals surface area contributed by atoms with Crippen LogP contribution in [-0.4, -0.2) is 95.1 Å². The number of fused-ring (bicyclic) bond motifs is 1. The summed E-state index contributed by atoms with van der Waals surface area (Å²) < 4.78 is 1.83. The van der Waals surface area contributed by atoms with Crippen LogP contribution in [0.5, 0.6) is 0 Å². The molecule has 14 heteroatoms. The molecule has 5 N–H and O–H groups in total. The van der Waals surface area contributed by atoms with E-state index in [4.69, 9.17) is 34.9 Å². The van der Waals surface area contributed by atoms with Gasteiger partial charge < -0.3 is 25.7 Å². The smallest absolute Gasteiger partial charge is 0.316 e. The molecule has 0 aliphatic heterocycles. The molecule has 0 aliphatic rings. The molecule has 0 fully saturated rings. The van der Waals surface area contributed by atoms with Crippen LogP contribution in [0.1, 0.15) is 0 Å². The van der Waals surface area contributed by atoms with Crippen molar-refractivity contribution in [1.82, 2.24) is 15.7 Å². The van der Waals surface area contributed by atoms with Crippen LogP contribution in [0.3, 0.4) is 0 Å². The molecule has 0 saturated carbocycles. The first kappa shape index (κ1) is 28.2. The first-order valence-electron chi connectivity index (χ1n) is 9.41. The van der Waals surface area contributed by atoms with E-state index in [1.165, 1.54) is 30.1 Å². The number of aliphatic carboxylic acids is 1. The van der Waals surface area contributed by atoms with E-state index in [1.807, 2.05) is 24.3 Å². The van der Waals surface area contributed by atoms with Gasteiger partial charge in [-0.2, -0.15) is 0 Å². The highest BCUT2D eigenvalue weighted by Crippen LogP contribution is 2.30. The van der Waals surface area contributed by atoms with E-state index in [0.717, 1.165) is 14.6 Å². The number of carbonyl (C=O) groups is 2. The minimum Gasteiger partial charge on any atom is -0.481 e. The number of carbonyl (C=O) groups excluding carboxylic acids is 1. The van der Waals surface area contributed by atoms with Crippen molar-refractivity contribution >= 4 is 45.2 Å². The Kier molecular flexibility index (Phi) is 14.7. The number of thiazole rings is 1.